The van der Waals surface area contributed by atoms with E-state index in [-0.39, 0.29) is 6.61 Å². The number of unbranched alkanes of at least 4 members (excludes halogenated alkanes) is 4. The fourth-order valence-electron chi connectivity index (χ4n) is 5.38. The van der Waals surface area contributed by atoms with Crippen molar-refractivity contribution < 1.29 is 28.8 Å². The van der Waals surface area contributed by atoms with E-state index in [9.17, 15) is 5.11 Å². The van der Waals surface area contributed by atoms with Gasteiger partial charge in [-0.1, -0.05) is 108 Å². The van der Waals surface area contributed by atoms with Crippen LogP contribution in [0, 0.1) is 0 Å². The van der Waals surface area contributed by atoms with Crippen LogP contribution in [0.15, 0.2) is 49.0 Å². The summed E-state index contributed by atoms with van der Waals surface area (Å²) in [7, 11) is 0. The third-order valence-corrected chi connectivity index (χ3v) is 8.48. The zero-order chi connectivity index (χ0) is 31.8. The van der Waals surface area contributed by atoms with Gasteiger partial charge in [-0.05, 0) is 60.9 Å². The fourth-order valence-corrected chi connectivity index (χ4v) is 5.56. The van der Waals surface area contributed by atoms with E-state index >= 15 is 0 Å². The maximum Gasteiger partial charge on any atom is 0.222 e. The molecule has 0 amide bonds. The second-order valence-corrected chi connectivity index (χ2v) is 12.1. The van der Waals surface area contributed by atoms with E-state index in [1.807, 2.05) is 36.4 Å². The fraction of sp³-hybridized carbons (Fsp3) is 0.622. The maximum absolute atomic E-state index is 12.6. The van der Waals surface area contributed by atoms with Crippen LogP contribution in [0.2, 0.25) is 5.02 Å². The smallest absolute Gasteiger partial charge is 0.222 e. The molecular formula is C37H55ClO6. The van der Waals surface area contributed by atoms with E-state index in [0.717, 1.165) is 68.1 Å². The molecular weight excluding hydrogens is 576 g/mol. The van der Waals surface area contributed by atoms with E-state index in [4.69, 9.17) is 35.3 Å². The highest BCUT2D eigenvalue weighted by molar-refractivity contribution is 6.31. The molecule has 1 N–H and O–H groups in total. The first-order valence-electron chi connectivity index (χ1n) is 16.7. The highest BCUT2D eigenvalue weighted by Gasteiger charge is 2.57. The van der Waals surface area contributed by atoms with E-state index in [1.165, 1.54) is 0 Å². The largest absolute Gasteiger partial charge is 0.379 e. The lowest BCUT2D eigenvalue weighted by Crippen LogP contribution is -2.66. The molecule has 0 saturated carbocycles. The molecule has 1 aliphatic heterocycles. The maximum atomic E-state index is 12.6. The third kappa shape index (κ3) is 10.4. The van der Waals surface area contributed by atoms with Crippen molar-refractivity contribution in [3.63, 3.8) is 0 Å². The summed E-state index contributed by atoms with van der Waals surface area (Å²) in [5, 5.41) is 13.3. The van der Waals surface area contributed by atoms with E-state index < -0.39 is 30.2 Å². The number of benzene rings is 2. The lowest BCUT2D eigenvalue weighted by molar-refractivity contribution is -0.375. The number of aliphatic hydroxyl groups is 1. The second kappa shape index (κ2) is 19.7. The Morgan fingerprint density at radius 3 is 2.02 bits per heavy atom. The topological polar surface area (TPSA) is 66.4 Å². The van der Waals surface area contributed by atoms with Gasteiger partial charge in [-0.2, -0.15) is 0 Å². The average Bonchev–Trinajstić information content (AvgIpc) is 3.03. The van der Waals surface area contributed by atoms with Crippen molar-refractivity contribution in [1.29, 1.82) is 0 Å². The van der Waals surface area contributed by atoms with Crippen molar-refractivity contribution in [2.24, 2.45) is 0 Å². The standard InChI is InChI=1S/C37H55ClO6/c1-6-11-21-40-27-33-34(41-22-12-7-2)35(42-23-13-8-3)36(43-24-14-9-4)37(39,44-33)31-19-20-32(38)30(26-31)25-29-17-15-28(10-5)16-18-29/h10,15-20,26,33-36,39H,5-9,11-14,21-25,27H2,1-4H3/t33-,34-,35+,36-,37?/m1/s1. The van der Waals surface area contributed by atoms with Gasteiger partial charge < -0.3 is 28.8 Å². The molecule has 7 heteroatoms. The minimum Gasteiger partial charge on any atom is -0.379 e. The summed E-state index contributed by atoms with van der Waals surface area (Å²) in [6.45, 7) is 14.9. The van der Waals surface area contributed by atoms with Crippen LogP contribution in [0.3, 0.4) is 0 Å². The molecule has 0 aromatic heterocycles. The molecule has 246 valence electrons. The number of hydrogen-bond donors (Lipinski definition) is 1. The Bertz CT molecular complexity index is 1090. The molecule has 0 bridgehead atoms. The summed E-state index contributed by atoms with van der Waals surface area (Å²) in [4.78, 5) is 0. The summed E-state index contributed by atoms with van der Waals surface area (Å²) in [6.07, 6.45) is 7.66. The molecule has 5 atom stereocenters. The van der Waals surface area contributed by atoms with Gasteiger partial charge in [0.25, 0.3) is 0 Å². The van der Waals surface area contributed by atoms with Crippen molar-refractivity contribution >= 4 is 17.7 Å². The zero-order valence-corrected chi connectivity index (χ0v) is 28.2. The first-order chi connectivity index (χ1) is 21.4. The van der Waals surface area contributed by atoms with Gasteiger partial charge >= 0.3 is 0 Å². The minimum atomic E-state index is -1.81. The normalized spacial score (nSPS) is 23.6. The van der Waals surface area contributed by atoms with Gasteiger partial charge in [-0.3, -0.25) is 0 Å². The van der Waals surface area contributed by atoms with E-state index in [0.29, 0.717) is 43.4 Å². The van der Waals surface area contributed by atoms with Crippen molar-refractivity contribution in [1.82, 2.24) is 0 Å². The van der Waals surface area contributed by atoms with Crippen molar-refractivity contribution in [3.05, 3.63) is 76.3 Å². The third-order valence-electron chi connectivity index (χ3n) is 8.11. The number of halogens is 1. The van der Waals surface area contributed by atoms with Gasteiger partial charge in [0.2, 0.25) is 5.79 Å². The first kappa shape index (κ1) is 36.7. The predicted octanol–water partition coefficient (Wildman–Crippen LogP) is 8.49. The van der Waals surface area contributed by atoms with Gasteiger partial charge in [0.1, 0.15) is 24.4 Å². The van der Waals surface area contributed by atoms with Crippen LogP contribution >= 0.6 is 11.6 Å². The van der Waals surface area contributed by atoms with Gasteiger partial charge in [-0.15, -0.1) is 0 Å². The molecule has 0 radical (unpaired) electrons. The number of ether oxygens (including phenoxy) is 5. The Labute approximate surface area is 271 Å². The van der Waals surface area contributed by atoms with Crippen LogP contribution in [-0.4, -0.2) is 62.6 Å². The van der Waals surface area contributed by atoms with Crippen LogP contribution in [0.1, 0.15) is 101 Å². The SMILES string of the molecule is C=Cc1ccc(Cc2cc(C3(O)O[C@H](COCCCC)[C@@H](OCCCC)[C@H](OCCCC)[C@H]3OCCCC)ccc2Cl)cc1. The Hall–Kier alpha value is -1.77. The first-order valence-corrected chi connectivity index (χ1v) is 17.1. The minimum absolute atomic E-state index is 0.282. The molecule has 2 aromatic rings. The Morgan fingerprint density at radius 1 is 0.818 bits per heavy atom. The van der Waals surface area contributed by atoms with Crippen LogP contribution in [0.4, 0.5) is 0 Å². The summed E-state index contributed by atoms with van der Waals surface area (Å²) >= 11 is 6.73. The zero-order valence-electron chi connectivity index (χ0n) is 27.4. The summed E-state index contributed by atoms with van der Waals surface area (Å²) in [6, 6.07) is 13.8. The molecule has 3 rings (SSSR count). The van der Waals surface area contributed by atoms with Gasteiger partial charge in [0, 0.05) is 37.0 Å². The molecule has 0 aliphatic carbocycles. The van der Waals surface area contributed by atoms with Crippen molar-refractivity contribution in [2.45, 2.75) is 116 Å². The lowest BCUT2D eigenvalue weighted by Gasteiger charge is -2.50. The van der Waals surface area contributed by atoms with Crippen molar-refractivity contribution in [2.75, 3.05) is 33.0 Å². The van der Waals surface area contributed by atoms with Gasteiger partial charge in [0.15, 0.2) is 0 Å². The second-order valence-electron chi connectivity index (χ2n) is 11.7. The van der Waals surface area contributed by atoms with Crippen LogP contribution < -0.4 is 0 Å². The monoisotopic (exact) mass is 630 g/mol. The van der Waals surface area contributed by atoms with Gasteiger partial charge in [-0.25, -0.2) is 0 Å². The summed E-state index contributed by atoms with van der Waals surface area (Å²) in [5.41, 5.74) is 3.63. The summed E-state index contributed by atoms with van der Waals surface area (Å²) < 4.78 is 32.4. The molecule has 6 nitrogen and oxygen atoms in total. The van der Waals surface area contributed by atoms with Crippen LogP contribution in [0.5, 0.6) is 0 Å². The Balaban J connectivity index is 2.04. The predicted molar refractivity (Wildman–Crippen MR) is 179 cm³/mol. The molecule has 2 aromatic carbocycles. The van der Waals surface area contributed by atoms with E-state index in [1.54, 1.807) is 0 Å². The Morgan fingerprint density at radius 2 is 1.41 bits per heavy atom. The molecule has 1 unspecified atom stereocenters. The van der Waals surface area contributed by atoms with E-state index in [2.05, 4.69) is 46.4 Å². The number of hydrogen-bond acceptors (Lipinski definition) is 6. The van der Waals surface area contributed by atoms with Crippen molar-refractivity contribution in [3.8, 4) is 0 Å². The number of rotatable bonds is 21. The Kier molecular flexibility index (Phi) is 16.4. The molecule has 1 heterocycles. The summed E-state index contributed by atoms with van der Waals surface area (Å²) in [5.74, 6) is -1.81. The molecule has 0 spiro atoms. The average molecular weight is 631 g/mol. The highest BCUT2D eigenvalue weighted by Crippen LogP contribution is 2.42. The molecule has 1 fully saturated rings. The van der Waals surface area contributed by atoms with Gasteiger partial charge in [0.05, 0.1) is 6.61 Å². The van der Waals surface area contributed by atoms with Crippen LogP contribution in [-0.2, 0) is 35.9 Å². The molecule has 1 saturated heterocycles. The highest BCUT2D eigenvalue weighted by atomic mass is 35.5. The molecule has 1 aliphatic rings. The quantitative estimate of drug-likeness (QED) is 0.140. The van der Waals surface area contributed by atoms with Crippen LogP contribution in [0.25, 0.3) is 6.08 Å². The lowest BCUT2D eigenvalue weighted by atomic mass is 9.86. The molecule has 44 heavy (non-hydrogen) atoms.